The fourth-order valence-corrected chi connectivity index (χ4v) is 1.21. The van der Waals surface area contributed by atoms with Crippen molar-refractivity contribution in [3.05, 3.63) is 29.8 Å². The molecule has 0 aliphatic carbocycles. The van der Waals surface area contributed by atoms with Crippen LogP contribution in [-0.2, 0) is 4.74 Å². The third-order valence-electron chi connectivity index (χ3n) is 1.87. The largest absolute Gasteiger partial charge is 0.467 e. The lowest BCUT2D eigenvalue weighted by atomic mass is 10.0. The van der Waals surface area contributed by atoms with E-state index in [-0.39, 0.29) is 0 Å². The topological polar surface area (TPSA) is 18.5 Å². The summed E-state index contributed by atoms with van der Waals surface area (Å²) in [5.41, 5.74) is 1.22. The zero-order chi connectivity index (χ0) is 9.68. The van der Waals surface area contributed by atoms with Crippen LogP contribution in [0.1, 0.15) is 25.3 Å². The van der Waals surface area contributed by atoms with Gasteiger partial charge >= 0.3 is 0 Å². The summed E-state index contributed by atoms with van der Waals surface area (Å²) >= 11 is 0. The SMILES string of the molecule is COCOc1ccccc1C(C)C. The molecule has 72 valence electrons. The van der Waals surface area contributed by atoms with Crippen LogP contribution in [0, 0.1) is 0 Å². The highest BCUT2D eigenvalue weighted by atomic mass is 16.7. The summed E-state index contributed by atoms with van der Waals surface area (Å²) in [5, 5.41) is 0. The summed E-state index contributed by atoms with van der Waals surface area (Å²) in [4.78, 5) is 0. The standard InChI is InChI=1S/C11H16O2/c1-9(2)10-6-4-5-7-11(10)13-8-12-3/h4-7,9H,8H2,1-3H3. The molecule has 2 heteroatoms. The molecule has 0 bridgehead atoms. The molecule has 1 aromatic carbocycles. The molecule has 2 nitrogen and oxygen atoms in total. The van der Waals surface area contributed by atoms with Gasteiger partial charge in [0.2, 0.25) is 0 Å². The minimum absolute atomic E-state index is 0.309. The summed E-state index contributed by atoms with van der Waals surface area (Å²) < 4.78 is 10.3. The van der Waals surface area contributed by atoms with Gasteiger partial charge in [-0.1, -0.05) is 32.0 Å². The lowest BCUT2D eigenvalue weighted by Gasteiger charge is -2.12. The summed E-state index contributed by atoms with van der Waals surface area (Å²) in [5.74, 6) is 1.40. The maximum absolute atomic E-state index is 5.43. The van der Waals surface area contributed by atoms with E-state index in [2.05, 4.69) is 19.9 Å². The monoisotopic (exact) mass is 180 g/mol. The average Bonchev–Trinajstić information content (AvgIpc) is 2.15. The number of rotatable bonds is 4. The minimum atomic E-state index is 0.309. The third-order valence-corrected chi connectivity index (χ3v) is 1.87. The summed E-state index contributed by atoms with van der Waals surface area (Å²) in [6.45, 7) is 4.60. The molecule has 0 aliphatic heterocycles. The lowest BCUT2D eigenvalue weighted by molar-refractivity contribution is 0.0503. The molecule has 0 atom stereocenters. The molecule has 1 rings (SSSR count). The van der Waals surface area contributed by atoms with Gasteiger partial charge in [-0.05, 0) is 17.5 Å². The van der Waals surface area contributed by atoms with Crippen LogP contribution in [0.5, 0.6) is 5.75 Å². The number of ether oxygens (including phenoxy) is 2. The molecule has 0 N–H and O–H groups in total. The smallest absolute Gasteiger partial charge is 0.188 e. The molecule has 1 aromatic rings. The van der Waals surface area contributed by atoms with E-state index in [1.165, 1.54) is 5.56 Å². The average molecular weight is 180 g/mol. The van der Waals surface area contributed by atoms with Crippen molar-refractivity contribution in [1.29, 1.82) is 0 Å². The molecule has 0 saturated carbocycles. The number of benzene rings is 1. The van der Waals surface area contributed by atoms with Crippen LogP contribution in [0.15, 0.2) is 24.3 Å². The third kappa shape index (κ3) is 2.74. The van der Waals surface area contributed by atoms with E-state index in [0.29, 0.717) is 12.7 Å². The van der Waals surface area contributed by atoms with Gasteiger partial charge < -0.3 is 9.47 Å². The van der Waals surface area contributed by atoms with Crippen molar-refractivity contribution in [3.8, 4) is 5.75 Å². The number of para-hydroxylation sites is 1. The molecule has 0 unspecified atom stereocenters. The van der Waals surface area contributed by atoms with E-state index in [1.807, 2.05) is 18.2 Å². The predicted molar refractivity (Wildman–Crippen MR) is 53.0 cm³/mol. The second-order valence-corrected chi connectivity index (χ2v) is 3.24. The van der Waals surface area contributed by atoms with Gasteiger partial charge in [0, 0.05) is 7.11 Å². The first-order valence-corrected chi connectivity index (χ1v) is 4.46. The van der Waals surface area contributed by atoms with E-state index in [0.717, 1.165) is 5.75 Å². The predicted octanol–water partition coefficient (Wildman–Crippen LogP) is 2.79. The molecular weight excluding hydrogens is 164 g/mol. The Labute approximate surface area is 79.5 Å². The van der Waals surface area contributed by atoms with Crippen LogP contribution < -0.4 is 4.74 Å². The van der Waals surface area contributed by atoms with Gasteiger partial charge in [-0.3, -0.25) is 0 Å². The quantitative estimate of drug-likeness (QED) is 0.663. The highest BCUT2D eigenvalue weighted by molar-refractivity contribution is 5.35. The highest BCUT2D eigenvalue weighted by Crippen LogP contribution is 2.25. The molecule has 0 spiro atoms. The Balaban J connectivity index is 2.78. The van der Waals surface area contributed by atoms with Gasteiger partial charge in [0.25, 0.3) is 0 Å². The molecular formula is C11H16O2. The van der Waals surface area contributed by atoms with Crippen LogP contribution >= 0.6 is 0 Å². The molecule has 0 heterocycles. The zero-order valence-electron chi connectivity index (χ0n) is 8.41. The van der Waals surface area contributed by atoms with E-state index >= 15 is 0 Å². The normalized spacial score (nSPS) is 10.5. The van der Waals surface area contributed by atoms with Crippen LogP contribution in [0.2, 0.25) is 0 Å². The lowest BCUT2D eigenvalue weighted by Crippen LogP contribution is -2.02. The van der Waals surface area contributed by atoms with Crippen molar-refractivity contribution in [2.45, 2.75) is 19.8 Å². The van der Waals surface area contributed by atoms with Crippen LogP contribution in [0.4, 0.5) is 0 Å². The molecule has 0 aromatic heterocycles. The van der Waals surface area contributed by atoms with Crippen molar-refractivity contribution < 1.29 is 9.47 Å². The first kappa shape index (κ1) is 10.1. The Morgan fingerprint density at radius 2 is 1.92 bits per heavy atom. The number of methoxy groups -OCH3 is 1. The van der Waals surface area contributed by atoms with Gasteiger partial charge in [-0.25, -0.2) is 0 Å². The number of hydrogen-bond donors (Lipinski definition) is 0. The molecule has 0 radical (unpaired) electrons. The van der Waals surface area contributed by atoms with Crippen LogP contribution in [-0.4, -0.2) is 13.9 Å². The zero-order valence-corrected chi connectivity index (χ0v) is 8.41. The molecule has 13 heavy (non-hydrogen) atoms. The Hall–Kier alpha value is -1.02. The first-order chi connectivity index (χ1) is 6.25. The number of hydrogen-bond acceptors (Lipinski definition) is 2. The van der Waals surface area contributed by atoms with E-state index < -0.39 is 0 Å². The Bertz CT molecular complexity index is 256. The van der Waals surface area contributed by atoms with E-state index in [4.69, 9.17) is 9.47 Å². The molecule has 0 fully saturated rings. The Kier molecular flexibility index (Phi) is 3.77. The van der Waals surface area contributed by atoms with Gasteiger partial charge in [-0.2, -0.15) is 0 Å². The molecule has 0 saturated heterocycles. The maximum atomic E-state index is 5.43. The summed E-state index contributed by atoms with van der Waals surface area (Å²) in [7, 11) is 1.62. The van der Waals surface area contributed by atoms with E-state index in [1.54, 1.807) is 7.11 Å². The maximum Gasteiger partial charge on any atom is 0.188 e. The van der Waals surface area contributed by atoms with Crippen LogP contribution in [0.25, 0.3) is 0 Å². The fraction of sp³-hybridized carbons (Fsp3) is 0.455. The van der Waals surface area contributed by atoms with Gasteiger partial charge in [0.15, 0.2) is 6.79 Å². The van der Waals surface area contributed by atoms with Gasteiger partial charge in [0.1, 0.15) is 5.75 Å². The summed E-state index contributed by atoms with van der Waals surface area (Å²) in [6.07, 6.45) is 0. The van der Waals surface area contributed by atoms with Crippen LogP contribution in [0.3, 0.4) is 0 Å². The second kappa shape index (κ2) is 4.87. The Morgan fingerprint density at radius 1 is 1.23 bits per heavy atom. The van der Waals surface area contributed by atoms with Crippen molar-refractivity contribution >= 4 is 0 Å². The second-order valence-electron chi connectivity index (χ2n) is 3.24. The van der Waals surface area contributed by atoms with Crippen molar-refractivity contribution in [3.63, 3.8) is 0 Å². The molecule has 0 amide bonds. The van der Waals surface area contributed by atoms with Gasteiger partial charge in [0.05, 0.1) is 0 Å². The molecule has 0 aliphatic rings. The van der Waals surface area contributed by atoms with Crippen molar-refractivity contribution in [2.24, 2.45) is 0 Å². The van der Waals surface area contributed by atoms with Crippen molar-refractivity contribution in [2.75, 3.05) is 13.9 Å². The Morgan fingerprint density at radius 3 is 2.54 bits per heavy atom. The minimum Gasteiger partial charge on any atom is -0.467 e. The highest BCUT2D eigenvalue weighted by Gasteiger charge is 2.05. The van der Waals surface area contributed by atoms with Crippen molar-refractivity contribution in [1.82, 2.24) is 0 Å². The first-order valence-electron chi connectivity index (χ1n) is 4.46. The fourth-order valence-electron chi connectivity index (χ4n) is 1.21. The van der Waals surface area contributed by atoms with Gasteiger partial charge in [-0.15, -0.1) is 0 Å². The summed E-state index contributed by atoms with van der Waals surface area (Å²) in [6, 6.07) is 8.04. The van der Waals surface area contributed by atoms with E-state index in [9.17, 15) is 0 Å².